The molecule has 0 bridgehead atoms. The van der Waals surface area contributed by atoms with Gasteiger partial charge in [-0.2, -0.15) is 0 Å². The summed E-state index contributed by atoms with van der Waals surface area (Å²) in [5.41, 5.74) is 0.866. The fourth-order valence-corrected chi connectivity index (χ4v) is 6.75. The van der Waals surface area contributed by atoms with Crippen molar-refractivity contribution >= 4 is 62.3 Å². The molecule has 1 fully saturated rings. The van der Waals surface area contributed by atoms with Crippen LogP contribution in [-0.4, -0.2) is 43.8 Å². The number of hydrogen-bond donors (Lipinski definition) is 1. The Hall–Kier alpha value is -2.78. The van der Waals surface area contributed by atoms with E-state index < -0.39 is 28.5 Å². The van der Waals surface area contributed by atoms with E-state index in [9.17, 15) is 18.0 Å². The predicted octanol–water partition coefficient (Wildman–Crippen LogP) is 6.32. The first kappa shape index (κ1) is 30.2. The molecule has 0 spiro atoms. The van der Waals surface area contributed by atoms with Crippen molar-refractivity contribution in [1.29, 1.82) is 0 Å². The van der Waals surface area contributed by atoms with Crippen LogP contribution in [0, 0.1) is 0 Å². The Morgan fingerprint density at radius 2 is 1.50 bits per heavy atom. The number of nitrogens with one attached hydrogen (secondary N) is 1. The van der Waals surface area contributed by atoms with E-state index in [1.807, 2.05) is 0 Å². The highest BCUT2D eigenvalue weighted by Gasteiger charge is 2.33. The highest BCUT2D eigenvalue weighted by atomic mass is 35.5. The van der Waals surface area contributed by atoms with Crippen molar-refractivity contribution in [3.63, 3.8) is 0 Å². The molecule has 1 aliphatic carbocycles. The Kier molecular flexibility index (Phi) is 10.0. The molecule has 3 aromatic rings. The van der Waals surface area contributed by atoms with Crippen LogP contribution in [-0.2, 0) is 26.2 Å². The second-order valence-corrected chi connectivity index (χ2v) is 12.9. The number of benzene rings is 3. The van der Waals surface area contributed by atoms with Crippen LogP contribution in [0.4, 0.5) is 5.69 Å². The van der Waals surface area contributed by atoms with Crippen LogP contribution in [0.5, 0.6) is 0 Å². The van der Waals surface area contributed by atoms with Crippen molar-refractivity contribution in [3.8, 4) is 0 Å². The quantitative estimate of drug-likeness (QED) is 0.287. The predicted molar refractivity (Wildman–Crippen MR) is 159 cm³/mol. The van der Waals surface area contributed by atoms with Crippen LogP contribution < -0.4 is 9.62 Å². The molecule has 0 aromatic heterocycles. The van der Waals surface area contributed by atoms with Gasteiger partial charge in [-0.1, -0.05) is 78.0 Å². The largest absolute Gasteiger partial charge is 0.352 e. The molecular formula is C29H30Cl3N3O4S. The zero-order valence-corrected chi connectivity index (χ0v) is 25.0. The molecule has 40 heavy (non-hydrogen) atoms. The van der Waals surface area contributed by atoms with Gasteiger partial charge >= 0.3 is 0 Å². The monoisotopic (exact) mass is 621 g/mol. The van der Waals surface area contributed by atoms with Crippen molar-refractivity contribution in [3.05, 3.63) is 93.4 Å². The maximum Gasteiger partial charge on any atom is 0.264 e. The van der Waals surface area contributed by atoms with E-state index in [1.165, 1.54) is 35.2 Å². The molecule has 1 aliphatic rings. The van der Waals surface area contributed by atoms with Gasteiger partial charge in [-0.3, -0.25) is 13.9 Å². The molecule has 1 saturated carbocycles. The number of hydrogen-bond acceptors (Lipinski definition) is 4. The summed E-state index contributed by atoms with van der Waals surface area (Å²) in [6, 6.07) is 18.2. The first-order valence-corrected chi connectivity index (χ1v) is 15.5. The van der Waals surface area contributed by atoms with E-state index >= 15 is 0 Å². The Morgan fingerprint density at radius 1 is 0.900 bits per heavy atom. The Labute approximate surface area is 250 Å². The molecule has 1 atom stereocenters. The Morgan fingerprint density at radius 3 is 2.10 bits per heavy atom. The van der Waals surface area contributed by atoms with E-state index in [0.29, 0.717) is 5.02 Å². The molecule has 2 amide bonds. The molecule has 0 unspecified atom stereocenters. The van der Waals surface area contributed by atoms with Gasteiger partial charge < -0.3 is 10.2 Å². The van der Waals surface area contributed by atoms with Crippen molar-refractivity contribution in [2.45, 2.75) is 56.1 Å². The van der Waals surface area contributed by atoms with Crippen molar-refractivity contribution < 1.29 is 18.0 Å². The molecule has 3 aromatic carbocycles. The molecule has 0 radical (unpaired) electrons. The zero-order valence-electron chi connectivity index (χ0n) is 21.9. The van der Waals surface area contributed by atoms with Gasteiger partial charge in [0, 0.05) is 27.7 Å². The van der Waals surface area contributed by atoms with Crippen LogP contribution in [0.3, 0.4) is 0 Å². The fourth-order valence-electron chi connectivity index (χ4n) is 4.69. The zero-order chi connectivity index (χ0) is 28.9. The average molecular weight is 623 g/mol. The second-order valence-electron chi connectivity index (χ2n) is 9.77. The highest BCUT2D eigenvalue weighted by Crippen LogP contribution is 2.30. The molecular weight excluding hydrogens is 593 g/mol. The lowest BCUT2D eigenvalue weighted by Crippen LogP contribution is -2.52. The standard InChI is InChI=1S/C29H30Cl3N3O4S/c1-20(29(37)33-25-7-5-6-8-25)34(18-21-11-13-22(30)14-12-21)28(36)19-35(26-16-23(31)15-24(32)17-26)40(38,39)27-9-3-2-4-10-27/h2-4,9-17,20,25H,5-8,18-19H2,1H3,(H,33,37)/t20-/m1/s1. The van der Waals surface area contributed by atoms with Gasteiger partial charge in [0.1, 0.15) is 12.6 Å². The maximum atomic E-state index is 14.0. The van der Waals surface area contributed by atoms with Crippen LogP contribution in [0.2, 0.25) is 15.1 Å². The van der Waals surface area contributed by atoms with Gasteiger partial charge in [0.25, 0.3) is 10.0 Å². The number of carbonyl (C=O) groups excluding carboxylic acids is 2. The van der Waals surface area contributed by atoms with E-state index in [-0.39, 0.29) is 39.1 Å². The summed E-state index contributed by atoms with van der Waals surface area (Å²) >= 11 is 18.5. The van der Waals surface area contributed by atoms with Gasteiger partial charge in [-0.15, -0.1) is 0 Å². The van der Waals surface area contributed by atoms with Gasteiger partial charge in [0.2, 0.25) is 11.8 Å². The molecule has 11 heteroatoms. The molecule has 7 nitrogen and oxygen atoms in total. The smallest absolute Gasteiger partial charge is 0.264 e. The summed E-state index contributed by atoms with van der Waals surface area (Å²) in [6.45, 7) is 1.14. The lowest BCUT2D eigenvalue weighted by Gasteiger charge is -2.32. The summed E-state index contributed by atoms with van der Waals surface area (Å²) in [5.74, 6) is -0.864. The lowest BCUT2D eigenvalue weighted by atomic mass is 10.1. The fraction of sp³-hybridized carbons (Fsp3) is 0.310. The lowest BCUT2D eigenvalue weighted by molar-refractivity contribution is -0.139. The van der Waals surface area contributed by atoms with Crippen LogP contribution in [0.1, 0.15) is 38.2 Å². The maximum absolute atomic E-state index is 14.0. The molecule has 212 valence electrons. The average Bonchev–Trinajstić information content (AvgIpc) is 3.43. The SMILES string of the molecule is C[C@H](C(=O)NC1CCCC1)N(Cc1ccc(Cl)cc1)C(=O)CN(c1cc(Cl)cc(Cl)c1)S(=O)(=O)c1ccccc1. The van der Waals surface area contributed by atoms with Gasteiger partial charge in [-0.25, -0.2) is 8.42 Å². The summed E-state index contributed by atoms with van der Waals surface area (Å²) in [6.07, 6.45) is 3.87. The molecule has 0 saturated heterocycles. The van der Waals surface area contributed by atoms with E-state index in [4.69, 9.17) is 34.8 Å². The minimum absolute atomic E-state index is 0.00447. The highest BCUT2D eigenvalue weighted by molar-refractivity contribution is 7.92. The van der Waals surface area contributed by atoms with Crippen LogP contribution >= 0.6 is 34.8 Å². The van der Waals surface area contributed by atoms with Crippen LogP contribution in [0.25, 0.3) is 0 Å². The van der Waals surface area contributed by atoms with Crippen molar-refractivity contribution in [1.82, 2.24) is 10.2 Å². The third-order valence-corrected chi connectivity index (χ3v) is 9.36. The number of amides is 2. The first-order valence-electron chi connectivity index (χ1n) is 12.9. The number of anilines is 1. The molecule has 4 rings (SSSR count). The number of carbonyl (C=O) groups is 2. The Bertz CT molecular complexity index is 1430. The minimum atomic E-state index is -4.21. The summed E-state index contributed by atoms with van der Waals surface area (Å²) in [7, 11) is -4.21. The third-order valence-electron chi connectivity index (χ3n) is 6.88. The second kappa shape index (κ2) is 13.3. The molecule has 0 aliphatic heterocycles. The number of halogens is 3. The molecule has 1 N–H and O–H groups in total. The third kappa shape index (κ3) is 7.49. The summed E-state index contributed by atoms with van der Waals surface area (Å²) < 4.78 is 28.6. The summed E-state index contributed by atoms with van der Waals surface area (Å²) in [5, 5.41) is 4.01. The first-order chi connectivity index (χ1) is 19.0. The number of sulfonamides is 1. The van der Waals surface area contributed by atoms with Gasteiger partial charge in [0.15, 0.2) is 0 Å². The van der Waals surface area contributed by atoms with Gasteiger partial charge in [0.05, 0.1) is 10.6 Å². The van der Waals surface area contributed by atoms with Gasteiger partial charge in [-0.05, 0) is 67.8 Å². The van der Waals surface area contributed by atoms with Crippen molar-refractivity contribution in [2.75, 3.05) is 10.8 Å². The Balaban J connectivity index is 1.69. The topological polar surface area (TPSA) is 86.8 Å². The van der Waals surface area contributed by atoms with E-state index in [1.54, 1.807) is 49.4 Å². The van der Waals surface area contributed by atoms with E-state index in [0.717, 1.165) is 35.6 Å². The van der Waals surface area contributed by atoms with E-state index in [2.05, 4.69) is 5.32 Å². The number of nitrogens with zero attached hydrogens (tertiary/aromatic N) is 2. The summed E-state index contributed by atoms with van der Waals surface area (Å²) in [4.78, 5) is 28.6. The number of rotatable bonds is 10. The minimum Gasteiger partial charge on any atom is -0.352 e. The normalized spacial score (nSPS) is 14.5. The van der Waals surface area contributed by atoms with Crippen LogP contribution in [0.15, 0.2) is 77.7 Å². The molecule has 0 heterocycles. The van der Waals surface area contributed by atoms with Crippen molar-refractivity contribution in [2.24, 2.45) is 0 Å².